The van der Waals surface area contributed by atoms with Gasteiger partial charge in [0.2, 0.25) is 0 Å². The fourth-order valence-electron chi connectivity index (χ4n) is 2.41. The lowest BCUT2D eigenvalue weighted by molar-refractivity contribution is 1.74. The Balaban J connectivity index is 2.69. The van der Waals surface area contributed by atoms with Gasteiger partial charge in [-0.15, -0.1) is 11.3 Å². The topological polar surface area (TPSA) is 0 Å². The molecule has 0 aliphatic rings. The summed E-state index contributed by atoms with van der Waals surface area (Å²) in [5, 5.41) is 5.27. The zero-order valence-corrected chi connectivity index (χ0v) is 11.1. The highest BCUT2D eigenvalue weighted by atomic mass is 32.1. The van der Waals surface area contributed by atoms with E-state index in [1.807, 2.05) is 17.4 Å². The third-order valence-electron chi connectivity index (χ3n) is 3.19. The normalized spacial score (nSPS) is 13.6. The number of hydrogen-bond donors (Lipinski definition) is 0. The zero-order valence-electron chi connectivity index (χ0n) is 10.3. The van der Waals surface area contributed by atoms with Crippen molar-refractivity contribution in [3.63, 3.8) is 0 Å². The molecule has 3 rings (SSSR count). The van der Waals surface area contributed by atoms with Crippen LogP contribution in [0.1, 0.15) is 6.92 Å². The fourth-order valence-corrected chi connectivity index (χ4v) is 3.50. The van der Waals surface area contributed by atoms with E-state index in [9.17, 15) is 0 Å². The van der Waals surface area contributed by atoms with Crippen molar-refractivity contribution in [3.05, 3.63) is 58.8 Å². The molecule has 0 aliphatic carbocycles. The summed E-state index contributed by atoms with van der Waals surface area (Å²) in [7, 11) is 0. The lowest BCUT2D eigenvalue weighted by Gasteiger charge is -1.98. The van der Waals surface area contributed by atoms with Crippen molar-refractivity contribution < 1.29 is 0 Å². The van der Waals surface area contributed by atoms with Gasteiger partial charge in [0.05, 0.1) is 0 Å². The molecular weight excluding hydrogens is 236 g/mol. The molecule has 0 N–H and O–H groups in total. The maximum absolute atomic E-state index is 3.83. The predicted octanol–water partition coefficient (Wildman–Crippen LogP) is 3.82. The molecule has 1 heteroatoms. The van der Waals surface area contributed by atoms with E-state index in [1.54, 1.807) is 0 Å². The molecule has 0 unspecified atom stereocenters. The Bertz CT molecular complexity index is 850. The highest BCUT2D eigenvalue weighted by Gasteiger charge is 2.04. The van der Waals surface area contributed by atoms with E-state index in [2.05, 4.69) is 62.1 Å². The van der Waals surface area contributed by atoms with Gasteiger partial charge < -0.3 is 0 Å². The third kappa shape index (κ3) is 1.59. The van der Waals surface area contributed by atoms with Gasteiger partial charge >= 0.3 is 0 Å². The van der Waals surface area contributed by atoms with Gasteiger partial charge in [0.25, 0.3) is 0 Å². The van der Waals surface area contributed by atoms with Crippen molar-refractivity contribution in [2.75, 3.05) is 0 Å². The van der Waals surface area contributed by atoms with Gasteiger partial charge in [-0.25, -0.2) is 0 Å². The fraction of sp³-hybridized carbons (Fsp3) is 0.0588. The molecule has 88 valence electrons. The Morgan fingerprint density at radius 1 is 1.11 bits per heavy atom. The highest BCUT2D eigenvalue weighted by Crippen LogP contribution is 2.24. The number of benzene rings is 2. The minimum atomic E-state index is 1.30. The summed E-state index contributed by atoms with van der Waals surface area (Å²) in [5.74, 6) is 0. The summed E-state index contributed by atoms with van der Waals surface area (Å²) in [6, 6.07) is 13.0. The Labute approximate surface area is 110 Å². The summed E-state index contributed by atoms with van der Waals surface area (Å²) in [4.78, 5) is 0. The monoisotopic (exact) mass is 250 g/mol. The Kier molecular flexibility index (Phi) is 2.77. The van der Waals surface area contributed by atoms with Crippen molar-refractivity contribution in [2.24, 2.45) is 0 Å². The van der Waals surface area contributed by atoms with E-state index in [1.165, 1.54) is 30.6 Å². The quantitative estimate of drug-likeness (QED) is 0.616. The van der Waals surface area contributed by atoms with Crippen LogP contribution in [0, 0.1) is 0 Å². The first-order valence-corrected chi connectivity index (χ1v) is 6.86. The van der Waals surface area contributed by atoms with Crippen molar-refractivity contribution in [2.45, 2.75) is 6.92 Å². The second-order valence-electron chi connectivity index (χ2n) is 4.23. The molecule has 0 amide bonds. The van der Waals surface area contributed by atoms with Gasteiger partial charge in [-0.3, -0.25) is 0 Å². The first kappa shape index (κ1) is 11.2. The van der Waals surface area contributed by atoms with E-state index in [4.69, 9.17) is 0 Å². The van der Waals surface area contributed by atoms with E-state index >= 15 is 0 Å². The van der Waals surface area contributed by atoms with Gasteiger partial charge in [-0.2, -0.15) is 0 Å². The molecule has 18 heavy (non-hydrogen) atoms. The van der Waals surface area contributed by atoms with E-state index in [0.717, 1.165) is 0 Å². The molecule has 0 fully saturated rings. The molecule has 1 heterocycles. The largest absolute Gasteiger partial charge is 0.136 e. The van der Waals surface area contributed by atoms with Gasteiger partial charge in [-0.1, -0.05) is 55.1 Å². The molecule has 3 aromatic rings. The maximum atomic E-state index is 3.83. The van der Waals surface area contributed by atoms with Crippen molar-refractivity contribution in [1.29, 1.82) is 0 Å². The summed E-state index contributed by atoms with van der Waals surface area (Å²) in [6.07, 6.45) is 6.16. The molecule has 0 saturated heterocycles. The predicted molar refractivity (Wildman–Crippen MR) is 83.4 cm³/mol. The average molecular weight is 250 g/mol. The molecule has 0 aliphatic heterocycles. The van der Waals surface area contributed by atoms with E-state index in [-0.39, 0.29) is 0 Å². The van der Waals surface area contributed by atoms with Crippen LogP contribution >= 0.6 is 11.3 Å². The molecular formula is C17H14S. The average Bonchev–Trinajstić information content (AvgIpc) is 2.78. The molecule has 0 spiro atoms. The molecule has 0 nitrogen and oxygen atoms in total. The minimum absolute atomic E-state index is 1.30. The van der Waals surface area contributed by atoms with Crippen LogP contribution in [0.15, 0.2) is 49.1 Å². The molecule has 0 radical (unpaired) electrons. The minimum Gasteiger partial charge on any atom is -0.136 e. The smallest absolute Gasteiger partial charge is 0.0361 e. The van der Waals surface area contributed by atoms with Crippen LogP contribution in [0.4, 0.5) is 0 Å². The molecule has 1 aromatic heterocycles. The number of fused-ring (bicyclic) bond motifs is 3. The summed E-state index contributed by atoms with van der Waals surface area (Å²) in [6.45, 7) is 5.92. The second-order valence-corrected chi connectivity index (χ2v) is 5.31. The van der Waals surface area contributed by atoms with Crippen LogP contribution in [-0.4, -0.2) is 0 Å². The maximum Gasteiger partial charge on any atom is 0.0361 e. The third-order valence-corrected chi connectivity index (χ3v) is 4.43. The molecule has 0 atom stereocenters. The van der Waals surface area contributed by atoms with Crippen molar-refractivity contribution >= 4 is 44.3 Å². The van der Waals surface area contributed by atoms with Gasteiger partial charge in [0, 0.05) is 19.8 Å². The number of rotatable bonds is 1. The summed E-state index contributed by atoms with van der Waals surface area (Å²) in [5.41, 5.74) is 0. The van der Waals surface area contributed by atoms with Crippen LogP contribution in [0.25, 0.3) is 33.0 Å². The van der Waals surface area contributed by atoms with Gasteiger partial charge in [-0.05, 0) is 23.8 Å². The molecule has 0 bridgehead atoms. The van der Waals surface area contributed by atoms with Crippen LogP contribution in [0.2, 0.25) is 0 Å². The lowest BCUT2D eigenvalue weighted by atomic mass is 10.1. The standard InChI is InChI=1S/C17H14S/c1-3-7-14-15(4-2)18-16-11-10-12-8-5-6-9-13(12)17(14)16/h3-11H,1H2,2H3/b14-7+,15-4+. The first-order chi connectivity index (χ1) is 8.85. The Hall–Kier alpha value is -1.86. The number of hydrogen-bond acceptors (Lipinski definition) is 1. The lowest BCUT2D eigenvalue weighted by Crippen LogP contribution is -2.17. The Morgan fingerprint density at radius 3 is 2.72 bits per heavy atom. The number of thiophene rings is 1. The SMILES string of the molecule is C=C/C=c1\c(=C/C)sc2ccc3ccccc3c12. The van der Waals surface area contributed by atoms with Crippen LogP contribution in [0.3, 0.4) is 0 Å². The first-order valence-electron chi connectivity index (χ1n) is 6.04. The summed E-state index contributed by atoms with van der Waals surface area (Å²) >= 11 is 1.84. The van der Waals surface area contributed by atoms with Crippen LogP contribution in [-0.2, 0) is 0 Å². The van der Waals surface area contributed by atoms with E-state index < -0.39 is 0 Å². The highest BCUT2D eigenvalue weighted by molar-refractivity contribution is 7.17. The van der Waals surface area contributed by atoms with Crippen molar-refractivity contribution in [1.82, 2.24) is 0 Å². The molecule has 2 aromatic carbocycles. The van der Waals surface area contributed by atoms with Gasteiger partial charge in [0.1, 0.15) is 0 Å². The second kappa shape index (κ2) is 4.43. The van der Waals surface area contributed by atoms with Crippen LogP contribution < -0.4 is 9.75 Å². The van der Waals surface area contributed by atoms with Crippen molar-refractivity contribution in [3.8, 4) is 0 Å². The zero-order chi connectivity index (χ0) is 12.5. The van der Waals surface area contributed by atoms with Crippen LogP contribution in [0.5, 0.6) is 0 Å². The molecule has 0 saturated carbocycles. The van der Waals surface area contributed by atoms with Gasteiger partial charge in [0.15, 0.2) is 0 Å². The summed E-state index contributed by atoms with van der Waals surface area (Å²) < 4.78 is 2.66. The number of allylic oxidation sites excluding steroid dienone is 1. The van der Waals surface area contributed by atoms with E-state index in [0.29, 0.717) is 0 Å². The Morgan fingerprint density at radius 2 is 1.94 bits per heavy atom.